The highest BCUT2D eigenvalue weighted by atomic mass is 16.5. The summed E-state index contributed by atoms with van der Waals surface area (Å²) in [4.78, 5) is 4.54. The smallest absolute Gasteiger partial charge is 0.181 e. The normalized spacial score (nSPS) is 18.8. The van der Waals surface area contributed by atoms with Gasteiger partial charge in [-0.3, -0.25) is 0 Å². The fourth-order valence-corrected chi connectivity index (χ4v) is 1.37. The first-order valence-corrected chi connectivity index (χ1v) is 4.99. The van der Waals surface area contributed by atoms with Gasteiger partial charge in [0.15, 0.2) is 5.88 Å². The van der Waals surface area contributed by atoms with Crippen LogP contribution in [0.3, 0.4) is 0 Å². The Bertz CT molecular complexity index is 162. The molecule has 3 heteroatoms. The maximum Gasteiger partial charge on any atom is 0.181 e. The molecule has 0 atom stereocenters. The van der Waals surface area contributed by atoms with Crippen LogP contribution in [0.5, 0.6) is 0 Å². The van der Waals surface area contributed by atoms with Crippen molar-refractivity contribution in [2.24, 2.45) is 0 Å². The van der Waals surface area contributed by atoms with Gasteiger partial charge in [-0.2, -0.15) is 0 Å². The molecule has 1 rings (SSSR count). The topological polar surface area (TPSA) is 15.7 Å². The van der Waals surface area contributed by atoms with Crippen LogP contribution in [0.25, 0.3) is 0 Å². The molecule has 0 aromatic carbocycles. The second kappa shape index (κ2) is 5.12. The Morgan fingerprint density at radius 2 is 1.92 bits per heavy atom. The molecule has 1 fully saturated rings. The number of hydrogen-bond donors (Lipinski definition) is 0. The van der Waals surface area contributed by atoms with Crippen LogP contribution in [0, 0.1) is 0 Å². The maximum atomic E-state index is 5.48. The quantitative estimate of drug-likeness (QED) is 0.609. The highest BCUT2D eigenvalue weighted by Crippen LogP contribution is 2.07. The van der Waals surface area contributed by atoms with Crippen molar-refractivity contribution in [3.05, 3.63) is 12.5 Å². The summed E-state index contributed by atoms with van der Waals surface area (Å²) >= 11 is 0. The maximum absolute atomic E-state index is 5.48. The van der Waals surface area contributed by atoms with Gasteiger partial charge in [-0.05, 0) is 20.0 Å². The molecule has 1 heterocycles. The molecule has 0 unspecified atom stereocenters. The summed E-state index contributed by atoms with van der Waals surface area (Å²) in [5.74, 6) is 0.843. The molecule has 0 amide bonds. The van der Waals surface area contributed by atoms with Gasteiger partial charge in [0.25, 0.3) is 0 Å². The van der Waals surface area contributed by atoms with E-state index in [2.05, 4.69) is 30.4 Å². The van der Waals surface area contributed by atoms with E-state index in [0.29, 0.717) is 0 Å². The third kappa shape index (κ3) is 3.27. The molecule has 0 aromatic heterocycles. The molecule has 0 aliphatic carbocycles. The van der Waals surface area contributed by atoms with E-state index in [1.54, 1.807) is 0 Å². The summed E-state index contributed by atoms with van der Waals surface area (Å²) in [5, 5.41) is 0. The summed E-state index contributed by atoms with van der Waals surface area (Å²) in [6.45, 7) is 11.1. The number of nitrogens with zero attached hydrogens (tertiary/aromatic N) is 2. The van der Waals surface area contributed by atoms with Crippen molar-refractivity contribution in [1.29, 1.82) is 0 Å². The molecular weight excluding hydrogens is 164 g/mol. The van der Waals surface area contributed by atoms with Gasteiger partial charge < -0.3 is 14.5 Å². The lowest BCUT2D eigenvalue weighted by Gasteiger charge is -2.34. The summed E-state index contributed by atoms with van der Waals surface area (Å²) in [6, 6.07) is 0. The van der Waals surface area contributed by atoms with Crippen molar-refractivity contribution in [2.75, 3.05) is 39.8 Å². The van der Waals surface area contributed by atoms with E-state index in [9.17, 15) is 0 Å². The fraction of sp³-hybridized carbons (Fsp3) is 0.800. The van der Waals surface area contributed by atoms with Crippen molar-refractivity contribution < 1.29 is 4.74 Å². The molecule has 0 N–H and O–H groups in total. The largest absolute Gasteiger partial charge is 0.480 e. The molecule has 0 aromatic rings. The molecule has 76 valence electrons. The van der Waals surface area contributed by atoms with E-state index in [1.165, 1.54) is 0 Å². The third-order valence-electron chi connectivity index (χ3n) is 2.33. The zero-order valence-electron chi connectivity index (χ0n) is 8.75. The van der Waals surface area contributed by atoms with Crippen LogP contribution in [0.4, 0.5) is 0 Å². The monoisotopic (exact) mass is 184 g/mol. The van der Waals surface area contributed by atoms with Gasteiger partial charge in [0.1, 0.15) is 0 Å². The lowest BCUT2D eigenvalue weighted by Crippen LogP contribution is -2.44. The Kier molecular flexibility index (Phi) is 4.09. The van der Waals surface area contributed by atoms with Gasteiger partial charge >= 0.3 is 0 Å². The van der Waals surface area contributed by atoms with E-state index in [-0.39, 0.29) is 0 Å². The first kappa shape index (κ1) is 10.4. The lowest BCUT2D eigenvalue weighted by molar-refractivity contribution is 0.0801. The molecule has 0 bridgehead atoms. The highest BCUT2D eigenvalue weighted by Gasteiger charge is 2.15. The van der Waals surface area contributed by atoms with Gasteiger partial charge in [0.05, 0.1) is 6.61 Å². The Balaban J connectivity index is 2.23. The van der Waals surface area contributed by atoms with E-state index < -0.39 is 0 Å². The minimum absolute atomic E-state index is 0.783. The van der Waals surface area contributed by atoms with E-state index in [1.807, 2.05) is 0 Å². The highest BCUT2D eigenvalue weighted by molar-refractivity contribution is 4.86. The standard InChI is InChI=1S/C10H20N2O/c1-4-9-13-10(2)12-7-5-11(3)6-8-12/h2,4-9H2,1,3H3. The minimum Gasteiger partial charge on any atom is -0.480 e. The molecule has 1 aliphatic rings. The van der Waals surface area contributed by atoms with Gasteiger partial charge in [-0.1, -0.05) is 6.92 Å². The zero-order chi connectivity index (χ0) is 9.68. The number of piperazine rings is 1. The first-order chi connectivity index (χ1) is 6.24. The second-order valence-corrected chi connectivity index (χ2v) is 3.53. The summed E-state index contributed by atoms with van der Waals surface area (Å²) in [6.07, 6.45) is 1.05. The number of rotatable bonds is 4. The van der Waals surface area contributed by atoms with E-state index in [4.69, 9.17) is 4.74 Å². The third-order valence-corrected chi connectivity index (χ3v) is 2.33. The number of hydrogen-bond acceptors (Lipinski definition) is 3. The molecule has 0 saturated carbocycles. The van der Waals surface area contributed by atoms with E-state index >= 15 is 0 Å². The number of likely N-dealkylation sites (N-methyl/N-ethyl adjacent to an activating group) is 1. The van der Waals surface area contributed by atoms with Crippen molar-refractivity contribution >= 4 is 0 Å². The predicted octanol–water partition coefficient (Wildman–Crippen LogP) is 1.13. The van der Waals surface area contributed by atoms with Crippen LogP contribution in [-0.4, -0.2) is 49.6 Å². The number of ether oxygens (including phenoxy) is 1. The molecule has 0 radical (unpaired) electrons. The minimum atomic E-state index is 0.783. The summed E-state index contributed by atoms with van der Waals surface area (Å²) < 4.78 is 5.48. The van der Waals surface area contributed by atoms with Crippen molar-refractivity contribution in [3.8, 4) is 0 Å². The SMILES string of the molecule is C=C(OCCC)N1CCN(C)CC1. The first-order valence-electron chi connectivity index (χ1n) is 4.99. The zero-order valence-corrected chi connectivity index (χ0v) is 8.75. The second-order valence-electron chi connectivity index (χ2n) is 3.53. The summed E-state index contributed by atoms with van der Waals surface area (Å²) in [5.41, 5.74) is 0. The van der Waals surface area contributed by atoms with E-state index in [0.717, 1.165) is 45.1 Å². The van der Waals surface area contributed by atoms with Gasteiger partial charge in [-0.25, -0.2) is 0 Å². The van der Waals surface area contributed by atoms with Crippen molar-refractivity contribution in [2.45, 2.75) is 13.3 Å². The Morgan fingerprint density at radius 1 is 1.31 bits per heavy atom. The molecular formula is C10H20N2O. The van der Waals surface area contributed by atoms with Gasteiger partial charge in [0, 0.05) is 26.2 Å². The van der Waals surface area contributed by atoms with Crippen LogP contribution in [0.1, 0.15) is 13.3 Å². The van der Waals surface area contributed by atoms with Crippen molar-refractivity contribution in [1.82, 2.24) is 9.80 Å². The van der Waals surface area contributed by atoms with Gasteiger partial charge in [-0.15, -0.1) is 0 Å². The predicted molar refractivity (Wildman–Crippen MR) is 54.5 cm³/mol. The fourth-order valence-electron chi connectivity index (χ4n) is 1.37. The Morgan fingerprint density at radius 3 is 2.46 bits per heavy atom. The molecule has 3 nitrogen and oxygen atoms in total. The van der Waals surface area contributed by atoms with Gasteiger partial charge in [0.2, 0.25) is 0 Å². The molecule has 1 saturated heterocycles. The Hall–Kier alpha value is -0.700. The van der Waals surface area contributed by atoms with Crippen LogP contribution in [0.15, 0.2) is 12.5 Å². The van der Waals surface area contributed by atoms with Crippen LogP contribution in [0.2, 0.25) is 0 Å². The van der Waals surface area contributed by atoms with Crippen molar-refractivity contribution in [3.63, 3.8) is 0 Å². The van der Waals surface area contributed by atoms with Crippen LogP contribution < -0.4 is 0 Å². The van der Waals surface area contributed by atoms with Crippen LogP contribution >= 0.6 is 0 Å². The van der Waals surface area contributed by atoms with Crippen LogP contribution in [-0.2, 0) is 4.74 Å². The lowest BCUT2D eigenvalue weighted by atomic mass is 10.3. The Labute approximate surface area is 81.0 Å². The average molecular weight is 184 g/mol. The summed E-state index contributed by atoms with van der Waals surface area (Å²) in [7, 11) is 2.15. The molecule has 13 heavy (non-hydrogen) atoms. The molecule has 0 spiro atoms. The molecule has 1 aliphatic heterocycles. The average Bonchev–Trinajstić information content (AvgIpc) is 2.15.